The molecule has 28 heavy (non-hydrogen) atoms. The third-order valence-electron chi connectivity index (χ3n) is 7.52. The summed E-state index contributed by atoms with van der Waals surface area (Å²) in [5.41, 5.74) is 1.21. The Morgan fingerprint density at radius 2 is 2.07 bits per heavy atom. The highest BCUT2D eigenvalue weighted by Gasteiger charge is 2.75. The van der Waals surface area contributed by atoms with Crippen LogP contribution in [0.1, 0.15) is 65.2 Å². The number of hydrogen-bond acceptors (Lipinski definition) is 4. The quantitative estimate of drug-likeness (QED) is 0.650. The van der Waals surface area contributed by atoms with E-state index in [1.807, 2.05) is 6.08 Å². The van der Waals surface area contributed by atoms with Gasteiger partial charge < -0.3 is 9.47 Å². The molecule has 2 heterocycles. The number of rotatable bonds is 4. The summed E-state index contributed by atoms with van der Waals surface area (Å²) < 4.78 is 12.3. The zero-order valence-electron chi connectivity index (χ0n) is 16.8. The second kappa shape index (κ2) is 6.20. The van der Waals surface area contributed by atoms with Gasteiger partial charge in [0, 0.05) is 5.92 Å². The topological polar surface area (TPSA) is 52.6 Å². The summed E-state index contributed by atoms with van der Waals surface area (Å²) in [5.74, 6) is 0.749. The van der Waals surface area contributed by atoms with Crippen molar-refractivity contribution in [1.29, 1.82) is 0 Å². The van der Waals surface area contributed by atoms with E-state index in [9.17, 15) is 9.59 Å². The molecule has 2 aliphatic heterocycles. The molecule has 0 amide bonds. The molecule has 4 heteroatoms. The van der Waals surface area contributed by atoms with Gasteiger partial charge in [-0.25, -0.2) is 9.59 Å². The highest BCUT2D eigenvalue weighted by Crippen LogP contribution is 2.71. The fourth-order valence-electron chi connectivity index (χ4n) is 6.57. The molecule has 0 aromatic rings. The average molecular weight is 380 g/mol. The Bertz CT molecular complexity index is 873. The van der Waals surface area contributed by atoms with Crippen LogP contribution in [0.5, 0.6) is 0 Å². The van der Waals surface area contributed by atoms with Crippen LogP contribution in [-0.2, 0) is 19.1 Å². The first-order chi connectivity index (χ1) is 13.6. The molecule has 1 saturated heterocycles. The van der Waals surface area contributed by atoms with Crippen molar-refractivity contribution in [2.45, 2.75) is 70.8 Å². The average Bonchev–Trinajstić information content (AvgIpc) is 3.17. The first-order valence-electron chi connectivity index (χ1n) is 10.9. The molecule has 148 valence electrons. The Hall–Kier alpha value is -2.10. The molecule has 6 aliphatic rings. The maximum absolute atomic E-state index is 13.0. The minimum Gasteiger partial charge on any atom is -0.449 e. The minimum atomic E-state index is -0.751. The van der Waals surface area contributed by atoms with Gasteiger partial charge in [0.2, 0.25) is 0 Å². The molecule has 2 bridgehead atoms. The van der Waals surface area contributed by atoms with Crippen molar-refractivity contribution in [1.82, 2.24) is 0 Å². The van der Waals surface area contributed by atoms with E-state index in [4.69, 9.17) is 9.47 Å². The molecule has 6 rings (SSSR count). The van der Waals surface area contributed by atoms with Crippen LogP contribution >= 0.6 is 0 Å². The molecule has 2 fully saturated rings. The van der Waals surface area contributed by atoms with Crippen molar-refractivity contribution in [3.05, 3.63) is 46.8 Å². The molecule has 0 aromatic heterocycles. The van der Waals surface area contributed by atoms with Crippen LogP contribution in [0.2, 0.25) is 0 Å². The second-order valence-electron chi connectivity index (χ2n) is 8.79. The van der Waals surface area contributed by atoms with Gasteiger partial charge in [-0.3, -0.25) is 0 Å². The van der Waals surface area contributed by atoms with E-state index in [0.29, 0.717) is 0 Å². The van der Waals surface area contributed by atoms with E-state index < -0.39 is 11.0 Å². The third-order valence-corrected chi connectivity index (χ3v) is 7.52. The standard InChI is InChI=1S/C24H28O4/c1-3-5-11-20-23-13-12-15(14-19(23)22(26)27-20)17(8-4-2)24(23)18-10-7-6-9-16(18)21(25)28-24/h6,9,11,14-15,17H,3-5,7-8,10,12-13H2,1-2H3/b20-11+/t15-,17+,23+,24?/m1/s1. The number of esters is 2. The number of ether oxygens (including phenoxy) is 2. The van der Waals surface area contributed by atoms with E-state index >= 15 is 0 Å². The molecular weight excluding hydrogens is 352 g/mol. The fraction of sp³-hybridized carbons (Fsp3) is 0.583. The van der Waals surface area contributed by atoms with Crippen molar-refractivity contribution < 1.29 is 19.1 Å². The number of carbonyl (C=O) groups is 2. The van der Waals surface area contributed by atoms with Crippen molar-refractivity contribution in [3.63, 3.8) is 0 Å². The van der Waals surface area contributed by atoms with Gasteiger partial charge in [-0.1, -0.05) is 44.9 Å². The summed E-state index contributed by atoms with van der Waals surface area (Å²) >= 11 is 0. The van der Waals surface area contributed by atoms with Crippen LogP contribution in [0, 0.1) is 17.3 Å². The lowest BCUT2D eigenvalue weighted by molar-refractivity contribution is -0.176. The van der Waals surface area contributed by atoms with Crippen molar-refractivity contribution in [2.75, 3.05) is 0 Å². The third kappa shape index (κ3) is 1.96. The summed E-state index contributed by atoms with van der Waals surface area (Å²) in [6.07, 6.45) is 15.7. The molecule has 0 radical (unpaired) electrons. The van der Waals surface area contributed by atoms with E-state index in [0.717, 1.165) is 73.8 Å². The molecule has 0 aromatic carbocycles. The molecule has 4 atom stereocenters. The van der Waals surface area contributed by atoms with Gasteiger partial charge in [-0.2, -0.15) is 0 Å². The number of cyclic esters (lactones) is 1. The zero-order chi connectivity index (χ0) is 19.5. The van der Waals surface area contributed by atoms with E-state index in [2.05, 4.69) is 32.1 Å². The lowest BCUT2D eigenvalue weighted by Gasteiger charge is -2.59. The molecule has 4 nitrogen and oxygen atoms in total. The van der Waals surface area contributed by atoms with Gasteiger partial charge >= 0.3 is 11.9 Å². The molecule has 4 aliphatic carbocycles. The minimum absolute atomic E-state index is 0.206. The number of unbranched alkanes of at least 4 members (excludes halogenated alkanes) is 1. The Morgan fingerprint density at radius 1 is 1.21 bits per heavy atom. The van der Waals surface area contributed by atoms with Crippen LogP contribution in [0.25, 0.3) is 0 Å². The number of carbonyl (C=O) groups excluding carboxylic acids is 2. The van der Waals surface area contributed by atoms with Gasteiger partial charge in [0.15, 0.2) is 5.60 Å². The maximum Gasteiger partial charge on any atom is 0.340 e. The zero-order valence-corrected chi connectivity index (χ0v) is 16.8. The summed E-state index contributed by atoms with van der Waals surface area (Å²) in [7, 11) is 0. The number of allylic oxidation sites excluding steroid dienone is 3. The van der Waals surface area contributed by atoms with Crippen molar-refractivity contribution in [3.8, 4) is 0 Å². The molecule has 2 spiro atoms. The predicted molar refractivity (Wildman–Crippen MR) is 105 cm³/mol. The Balaban J connectivity index is 1.80. The molecule has 0 N–H and O–H groups in total. The van der Waals surface area contributed by atoms with Crippen molar-refractivity contribution >= 4 is 11.9 Å². The van der Waals surface area contributed by atoms with E-state index in [1.165, 1.54) is 0 Å². The number of fused-ring (bicyclic) bond motifs is 1. The van der Waals surface area contributed by atoms with Gasteiger partial charge in [0.25, 0.3) is 0 Å². The second-order valence-corrected chi connectivity index (χ2v) is 8.79. The highest BCUT2D eigenvalue weighted by atomic mass is 16.6. The predicted octanol–water partition coefficient (Wildman–Crippen LogP) is 4.92. The van der Waals surface area contributed by atoms with Gasteiger partial charge in [-0.05, 0) is 56.1 Å². The van der Waals surface area contributed by atoms with Crippen LogP contribution < -0.4 is 0 Å². The van der Waals surface area contributed by atoms with Crippen LogP contribution in [0.3, 0.4) is 0 Å². The highest BCUT2D eigenvalue weighted by molar-refractivity contribution is 6.00. The van der Waals surface area contributed by atoms with E-state index in [1.54, 1.807) is 0 Å². The fourth-order valence-corrected chi connectivity index (χ4v) is 6.57. The molecular formula is C24H28O4. The summed E-state index contributed by atoms with van der Waals surface area (Å²) in [5, 5.41) is 0. The van der Waals surface area contributed by atoms with Crippen LogP contribution in [0.15, 0.2) is 46.8 Å². The smallest absolute Gasteiger partial charge is 0.340 e. The van der Waals surface area contributed by atoms with Crippen molar-refractivity contribution in [2.24, 2.45) is 17.3 Å². The Kier molecular flexibility index (Phi) is 3.98. The summed E-state index contributed by atoms with van der Waals surface area (Å²) in [6.45, 7) is 4.31. The van der Waals surface area contributed by atoms with Crippen LogP contribution in [0.4, 0.5) is 0 Å². The summed E-state index contributed by atoms with van der Waals surface area (Å²) in [6, 6.07) is 0. The lowest BCUT2D eigenvalue weighted by atomic mass is 9.45. The SMILES string of the molecule is CCC/C=C1/OC(=O)C2=C[C@H]3CC[C@]21C1(OC(=O)C2=C1CCC=C2)[C@H]3CCC. The Labute approximate surface area is 166 Å². The lowest BCUT2D eigenvalue weighted by Crippen LogP contribution is -2.63. The maximum atomic E-state index is 13.0. The molecule has 1 unspecified atom stereocenters. The van der Waals surface area contributed by atoms with Gasteiger partial charge in [-0.15, -0.1) is 0 Å². The molecule has 1 saturated carbocycles. The number of hydrogen-bond donors (Lipinski definition) is 0. The largest absolute Gasteiger partial charge is 0.449 e. The normalized spacial score (nSPS) is 39.4. The van der Waals surface area contributed by atoms with Crippen LogP contribution in [-0.4, -0.2) is 17.5 Å². The Morgan fingerprint density at radius 3 is 2.86 bits per heavy atom. The van der Waals surface area contributed by atoms with Gasteiger partial charge in [0.05, 0.1) is 11.1 Å². The summed E-state index contributed by atoms with van der Waals surface area (Å²) in [4.78, 5) is 25.9. The first kappa shape index (κ1) is 18.0. The van der Waals surface area contributed by atoms with E-state index in [-0.39, 0.29) is 23.8 Å². The van der Waals surface area contributed by atoms with Gasteiger partial charge in [0.1, 0.15) is 11.2 Å². The monoisotopic (exact) mass is 380 g/mol. The first-order valence-corrected chi connectivity index (χ1v) is 10.9.